The molecule has 41 heavy (non-hydrogen) atoms. The van der Waals surface area contributed by atoms with Gasteiger partial charge in [-0.1, -0.05) is 67.6 Å². The largest absolute Gasteiger partial charge is 0.482 e. The van der Waals surface area contributed by atoms with E-state index in [-0.39, 0.29) is 19.7 Å². The summed E-state index contributed by atoms with van der Waals surface area (Å²) in [6.45, 7) is 2.37. The van der Waals surface area contributed by atoms with Gasteiger partial charge >= 0.3 is 5.97 Å². The van der Waals surface area contributed by atoms with Crippen molar-refractivity contribution in [3.63, 3.8) is 0 Å². The maximum absolute atomic E-state index is 13.5. The Morgan fingerprint density at radius 1 is 0.829 bits per heavy atom. The summed E-state index contributed by atoms with van der Waals surface area (Å²) >= 11 is 1.19. The zero-order chi connectivity index (χ0) is 29.1. The van der Waals surface area contributed by atoms with Crippen LogP contribution in [-0.2, 0) is 39.1 Å². The molecule has 0 N–H and O–H groups in total. The number of sulfonamides is 1. The van der Waals surface area contributed by atoms with Gasteiger partial charge < -0.3 is 9.47 Å². The molecule has 6 nitrogen and oxygen atoms in total. The predicted molar refractivity (Wildman–Crippen MR) is 162 cm³/mol. The van der Waals surface area contributed by atoms with E-state index in [4.69, 9.17) is 4.74 Å². The van der Waals surface area contributed by atoms with Crippen LogP contribution in [0.15, 0.2) is 94.5 Å². The Morgan fingerprint density at radius 3 is 1.90 bits per heavy atom. The zero-order valence-corrected chi connectivity index (χ0v) is 24.8. The van der Waals surface area contributed by atoms with Gasteiger partial charge in [-0.3, -0.25) is 0 Å². The Labute approximate surface area is 246 Å². The number of thiophene rings is 1. The van der Waals surface area contributed by atoms with Gasteiger partial charge in [0, 0.05) is 24.2 Å². The minimum atomic E-state index is -3.72. The first-order valence-corrected chi connectivity index (χ1v) is 15.7. The fourth-order valence-corrected chi connectivity index (χ4v) is 6.60. The molecule has 4 aromatic rings. The molecule has 0 radical (unpaired) electrons. The number of benzene rings is 3. The summed E-state index contributed by atoms with van der Waals surface area (Å²) in [5, 5.41) is 1.75. The van der Waals surface area contributed by atoms with E-state index in [1.165, 1.54) is 41.2 Å². The number of aryl methyl sites for hydroxylation is 1. The van der Waals surface area contributed by atoms with Crippen LogP contribution in [0.2, 0.25) is 0 Å². The summed E-state index contributed by atoms with van der Waals surface area (Å²) in [7, 11) is -2.43. The van der Waals surface area contributed by atoms with Crippen LogP contribution in [0.4, 0.5) is 0 Å². The fourth-order valence-electron chi connectivity index (χ4n) is 4.04. The number of esters is 1. The molecule has 0 saturated carbocycles. The Kier molecular flexibility index (Phi) is 10.7. The van der Waals surface area contributed by atoms with E-state index in [0.717, 1.165) is 28.7 Å². The molecule has 0 bridgehead atoms. The van der Waals surface area contributed by atoms with Crippen molar-refractivity contribution in [2.75, 3.05) is 13.7 Å². The molecular formula is C33H33NO5S2. The molecule has 212 valence electrons. The Balaban J connectivity index is 1.47. The third-order valence-electron chi connectivity index (χ3n) is 6.39. The van der Waals surface area contributed by atoms with E-state index in [9.17, 15) is 13.2 Å². The van der Waals surface area contributed by atoms with Crippen LogP contribution in [0.25, 0.3) is 0 Å². The van der Waals surface area contributed by atoms with Gasteiger partial charge in [0.05, 0.1) is 7.11 Å². The smallest absolute Gasteiger partial charge is 0.343 e. The first kappa shape index (κ1) is 30.1. The molecule has 0 saturated heterocycles. The summed E-state index contributed by atoms with van der Waals surface area (Å²) in [5.41, 5.74) is 4.79. The molecule has 0 aliphatic carbocycles. The lowest BCUT2D eigenvalue weighted by Gasteiger charge is -2.22. The lowest BCUT2D eigenvalue weighted by molar-refractivity contribution is -0.142. The highest BCUT2D eigenvalue weighted by Crippen LogP contribution is 2.25. The highest BCUT2D eigenvalue weighted by atomic mass is 32.2. The average Bonchev–Trinajstić information content (AvgIpc) is 3.56. The van der Waals surface area contributed by atoms with Gasteiger partial charge in [0.15, 0.2) is 6.61 Å². The number of carbonyl (C=O) groups excluding carboxylic acids is 1. The van der Waals surface area contributed by atoms with Crippen molar-refractivity contribution in [3.8, 4) is 17.6 Å². The molecule has 0 unspecified atom stereocenters. The van der Waals surface area contributed by atoms with Crippen LogP contribution in [0.1, 0.15) is 47.6 Å². The van der Waals surface area contributed by atoms with Crippen LogP contribution in [0, 0.1) is 11.8 Å². The summed E-state index contributed by atoms with van der Waals surface area (Å²) in [6.07, 6.45) is 3.45. The summed E-state index contributed by atoms with van der Waals surface area (Å²) in [4.78, 5) is 11.3. The monoisotopic (exact) mass is 587 g/mol. The van der Waals surface area contributed by atoms with Crippen molar-refractivity contribution in [1.82, 2.24) is 4.31 Å². The molecule has 0 atom stereocenters. The van der Waals surface area contributed by atoms with Crippen LogP contribution in [0.5, 0.6) is 5.75 Å². The van der Waals surface area contributed by atoms with Crippen LogP contribution in [0.3, 0.4) is 0 Å². The number of carbonyl (C=O) groups is 1. The van der Waals surface area contributed by atoms with Crippen molar-refractivity contribution in [2.24, 2.45) is 0 Å². The highest BCUT2D eigenvalue weighted by Gasteiger charge is 2.26. The topological polar surface area (TPSA) is 72.9 Å². The Morgan fingerprint density at radius 2 is 1.39 bits per heavy atom. The summed E-state index contributed by atoms with van der Waals surface area (Å²) in [6, 6.07) is 26.4. The lowest BCUT2D eigenvalue weighted by atomic mass is 10.1. The lowest BCUT2D eigenvalue weighted by Crippen LogP contribution is -2.29. The summed E-state index contributed by atoms with van der Waals surface area (Å²) < 4.78 is 38.8. The second-order valence-corrected chi connectivity index (χ2v) is 12.6. The number of methoxy groups -OCH3 is 1. The maximum Gasteiger partial charge on any atom is 0.343 e. The number of unbranched alkanes of at least 4 members (excludes halogenated alkanes) is 1. The van der Waals surface area contributed by atoms with E-state index in [2.05, 4.69) is 47.8 Å². The standard InChI is InChI=1S/C33H33NO5S2/c1-3-4-6-26-8-10-27(11-9-26)12-13-28-14-16-29(17-15-28)23-34(41(36,37)33-7-5-22-40-33)24-30-18-20-31(21-19-30)39-25-32(35)38-2/h5,7-11,14-22H,3-4,6,23-25H2,1-2H3. The molecule has 1 heterocycles. The van der Waals surface area contributed by atoms with E-state index in [1.54, 1.807) is 41.8 Å². The summed E-state index contributed by atoms with van der Waals surface area (Å²) in [5.74, 6) is 6.43. The number of nitrogens with zero attached hydrogens (tertiary/aromatic N) is 1. The SMILES string of the molecule is CCCCc1ccc(C#Cc2ccc(CN(Cc3ccc(OCC(=O)OC)cc3)S(=O)(=O)c3cccs3)cc2)cc1. The normalized spacial score (nSPS) is 11.1. The Bertz CT molecular complexity index is 1570. The molecule has 0 amide bonds. The number of hydrogen-bond acceptors (Lipinski definition) is 6. The highest BCUT2D eigenvalue weighted by molar-refractivity contribution is 7.91. The van der Waals surface area contributed by atoms with Crippen molar-refractivity contribution in [3.05, 3.63) is 118 Å². The van der Waals surface area contributed by atoms with Gasteiger partial charge in [0.2, 0.25) is 0 Å². The van der Waals surface area contributed by atoms with Crippen molar-refractivity contribution < 1.29 is 22.7 Å². The Hall–Kier alpha value is -3.90. The quantitative estimate of drug-likeness (QED) is 0.141. The minimum absolute atomic E-state index is 0.174. The number of hydrogen-bond donors (Lipinski definition) is 0. The van der Waals surface area contributed by atoms with E-state index in [0.29, 0.717) is 9.96 Å². The third-order valence-corrected chi connectivity index (χ3v) is 9.56. The molecule has 0 aliphatic heterocycles. The molecule has 0 fully saturated rings. The van der Waals surface area contributed by atoms with E-state index in [1.807, 2.05) is 24.3 Å². The molecule has 8 heteroatoms. The third kappa shape index (κ3) is 8.79. The van der Waals surface area contributed by atoms with Gasteiger partial charge in [-0.05, 0) is 77.4 Å². The van der Waals surface area contributed by atoms with Gasteiger partial charge in [0.25, 0.3) is 10.0 Å². The van der Waals surface area contributed by atoms with Crippen LogP contribution >= 0.6 is 11.3 Å². The van der Waals surface area contributed by atoms with E-state index < -0.39 is 16.0 Å². The molecule has 3 aromatic carbocycles. The van der Waals surface area contributed by atoms with Gasteiger partial charge in [0.1, 0.15) is 9.96 Å². The van der Waals surface area contributed by atoms with Crippen molar-refractivity contribution in [2.45, 2.75) is 43.5 Å². The van der Waals surface area contributed by atoms with Crippen LogP contribution < -0.4 is 4.74 Å². The van der Waals surface area contributed by atoms with Gasteiger partial charge in [-0.2, -0.15) is 4.31 Å². The number of ether oxygens (including phenoxy) is 2. The first-order chi connectivity index (χ1) is 19.9. The average molecular weight is 588 g/mol. The number of rotatable bonds is 12. The molecule has 4 rings (SSSR count). The maximum atomic E-state index is 13.5. The fraction of sp³-hybridized carbons (Fsp3) is 0.242. The van der Waals surface area contributed by atoms with Gasteiger partial charge in [-0.25, -0.2) is 13.2 Å². The minimum Gasteiger partial charge on any atom is -0.482 e. The van der Waals surface area contributed by atoms with Crippen molar-refractivity contribution in [1.29, 1.82) is 0 Å². The molecular weight excluding hydrogens is 554 g/mol. The first-order valence-electron chi connectivity index (χ1n) is 13.4. The second-order valence-electron chi connectivity index (χ2n) is 9.46. The molecule has 0 spiro atoms. The zero-order valence-electron chi connectivity index (χ0n) is 23.2. The molecule has 1 aromatic heterocycles. The predicted octanol–water partition coefficient (Wildman–Crippen LogP) is 6.43. The van der Waals surface area contributed by atoms with Crippen molar-refractivity contribution >= 4 is 27.3 Å². The van der Waals surface area contributed by atoms with E-state index >= 15 is 0 Å². The second kappa shape index (κ2) is 14.6. The van der Waals surface area contributed by atoms with Crippen LogP contribution in [-0.4, -0.2) is 32.4 Å². The molecule has 0 aliphatic rings. The van der Waals surface area contributed by atoms with Gasteiger partial charge in [-0.15, -0.1) is 11.3 Å².